The van der Waals surface area contributed by atoms with E-state index in [0.29, 0.717) is 0 Å². The lowest BCUT2D eigenvalue weighted by Gasteiger charge is -2.21. The Kier molecular flexibility index (Phi) is 4.32. The van der Waals surface area contributed by atoms with Crippen molar-refractivity contribution >= 4 is 21.6 Å². The van der Waals surface area contributed by atoms with E-state index in [-0.39, 0.29) is 22.8 Å². The van der Waals surface area contributed by atoms with Gasteiger partial charge < -0.3 is 5.11 Å². The molecule has 0 aliphatic heterocycles. The molecular weight excluding hydrogens is 314 g/mol. The second kappa shape index (κ2) is 5.67. The summed E-state index contributed by atoms with van der Waals surface area (Å²) in [6, 6.07) is 5.73. The first-order valence-electron chi connectivity index (χ1n) is 7.44. The fraction of sp³-hybridized carbons (Fsp3) is 0.471. The molecule has 1 amide bonds. The molecule has 2 rings (SSSR count). The van der Waals surface area contributed by atoms with E-state index in [1.807, 2.05) is 33.8 Å². The van der Waals surface area contributed by atoms with E-state index in [1.54, 1.807) is 0 Å². The normalized spacial score (nSPS) is 22.3. The summed E-state index contributed by atoms with van der Waals surface area (Å²) in [5.74, 6) is -0.915. The second-order valence-electron chi connectivity index (χ2n) is 6.95. The zero-order valence-electron chi connectivity index (χ0n) is 14.1. The van der Waals surface area contributed by atoms with Crippen molar-refractivity contribution in [1.29, 1.82) is 0 Å². The minimum absolute atomic E-state index is 0.0153. The summed E-state index contributed by atoms with van der Waals surface area (Å²) in [4.78, 5) is 12.9. The fourth-order valence-corrected chi connectivity index (χ4v) is 3.98. The summed E-state index contributed by atoms with van der Waals surface area (Å²) in [6.07, 6.45) is 3.02. The largest absolute Gasteiger partial charge is 0.508 e. The van der Waals surface area contributed by atoms with Crippen LogP contribution in [0.15, 0.2) is 35.9 Å². The highest BCUT2D eigenvalue weighted by atomic mass is 32.2. The molecular formula is C17H23NO4S. The van der Waals surface area contributed by atoms with Crippen LogP contribution in [0.5, 0.6) is 5.75 Å². The van der Waals surface area contributed by atoms with Gasteiger partial charge in [-0.3, -0.25) is 4.79 Å². The van der Waals surface area contributed by atoms with Crippen molar-refractivity contribution in [3.05, 3.63) is 35.9 Å². The second-order valence-corrected chi connectivity index (χ2v) is 8.79. The number of amides is 1. The molecule has 2 atom stereocenters. The maximum Gasteiger partial charge on any atom is 0.245 e. The van der Waals surface area contributed by atoms with Crippen LogP contribution in [-0.4, -0.2) is 25.7 Å². The predicted octanol–water partition coefficient (Wildman–Crippen LogP) is 2.92. The number of nitrogens with zero attached hydrogens (tertiary/aromatic N) is 1. The highest BCUT2D eigenvalue weighted by Crippen LogP contribution is 2.60. The Labute approximate surface area is 137 Å². The standard InChI is InChI=1S/C17H23NO4S/c1-11(2)9-14-15(17(14,3)4)16(20)18(23(5,21)22)12-7-6-8-13(19)10-12/h6-10,14-15,19H,1-5H3/t14-,15-/m1/s1. The predicted molar refractivity (Wildman–Crippen MR) is 90.6 cm³/mol. The van der Waals surface area contributed by atoms with E-state index in [1.165, 1.54) is 24.3 Å². The molecule has 0 spiro atoms. The van der Waals surface area contributed by atoms with Crippen molar-refractivity contribution in [2.75, 3.05) is 10.6 Å². The maximum absolute atomic E-state index is 12.9. The van der Waals surface area contributed by atoms with Gasteiger partial charge in [0.05, 0.1) is 17.9 Å². The summed E-state index contributed by atoms with van der Waals surface area (Å²) in [5.41, 5.74) is 0.978. The van der Waals surface area contributed by atoms with E-state index in [4.69, 9.17) is 0 Å². The SMILES string of the molecule is CC(C)=C[C@@H]1[C@H](C(=O)N(c2cccc(O)c2)S(C)(=O)=O)C1(C)C. The van der Waals surface area contributed by atoms with Crippen molar-refractivity contribution in [3.63, 3.8) is 0 Å². The lowest BCUT2D eigenvalue weighted by atomic mass is 10.1. The number of phenols is 1. The van der Waals surface area contributed by atoms with E-state index >= 15 is 0 Å². The molecule has 1 aliphatic rings. The number of anilines is 1. The topological polar surface area (TPSA) is 74.7 Å². The summed E-state index contributed by atoms with van der Waals surface area (Å²) in [6.45, 7) is 7.84. The lowest BCUT2D eigenvalue weighted by molar-refractivity contribution is -0.119. The number of hydrogen-bond donors (Lipinski definition) is 1. The van der Waals surface area contributed by atoms with Crippen LogP contribution >= 0.6 is 0 Å². The molecule has 5 nitrogen and oxygen atoms in total. The van der Waals surface area contributed by atoms with Gasteiger partial charge in [-0.15, -0.1) is 0 Å². The molecule has 1 aromatic rings. The van der Waals surface area contributed by atoms with E-state index in [9.17, 15) is 18.3 Å². The van der Waals surface area contributed by atoms with Crippen LogP contribution in [0.4, 0.5) is 5.69 Å². The molecule has 1 fully saturated rings. The smallest absolute Gasteiger partial charge is 0.245 e. The number of carbonyl (C=O) groups excluding carboxylic acids is 1. The third kappa shape index (κ3) is 3.42. The first-order chi connectivity index (χ1) is 10.5. The zero-order valence-corrected chi connectivity index (χ0v) is 14.9. The Morgan fingerprint density at radius 2 is 1.91 bits per heavy atom. The zero-order chi connectivity index (χ0) is 17.6. The summed E-state index contributed by atoms with van der Waals surface area (Å²) in [7, 11) is -3.79. The first-order valence-corrected chi connectivity index (χ1v) is 9.29. The molecule has 1 aliphatic carbocycles. The Balaban J connectivity index is 2.43. The van der Waals surface area contributed by atoms with Gasteiger partial charge in [0.25, 0.3) is 0 Å². The number of aromatic hydroxyl groups is 1. The van der Waals surface area contributed by atoms with Crippen LogP contribution in [0.25, 0.3) is 0 Å². The minimum atomic E-state index is -3.79. The van der Waals surface area contributed by atoms with Crippen molar-refractivity contribution < 1.29 is 18.3 Å². The molecule has 1 saturated carbocycles. The average Bonchev–Trinajstić information content (AvgIpc) is 2.88. The number of phenolic OH excluding ortho intramolecular Hbond substituents is 1. The van der Waals surface area contributed by atoms with Gasteiger partial charge in [-0.1, -0.05) is 31.6 Å². The quantitative estimate of drug-likeness (QED) is 0.857. The van der Waals surface area contributed by atoms with Crippen molar-refractivity contribution in [2.24, 2.45) is 17.3 Å². The van der Waals surface area contributed by atoms with Crippen LogP contribution in [0.1, 0.15) is 27.7 Å². The van der Waals surface area contributed by atoms with Gasteiger partial charge in [0, 0.05) is 6.07 Å². The van der Waals surface area contributed by atoms with E-state index in [2.05, 4.69) is 0 Å². The molecule has 23 heavy (non-hydrogen) atoms. The minimum Gasteiger partial charge on any atom is -0.508 e. The highest BCUT2D eigenvalue weighted by Gasteiger charge is 2.62. The van der Waals surface area contributed by atoms with Gasteiger partial charge in [0.1, 0.15) is 5.75 Å². The average molecular weight is 337 g/mol. The van der Waals surface area contributed by atoms with Crippen LogP contribution in [0.3, 0.4) is 0 Å². The molecule has 0 aromatic heterocycles. The monoisotopic (exact) mass is 337 g/mol. The van der Waals surface area contributed by atoms with Gasteiger partial charge >= 0.3 is 0 Å². The van der Waals surface area contributed by atoms with Gasteiger partial charge in [0.2, 0.25) is 15.9 Å². The Morgan fingerprint density at radius 3 is 2.39 bits per heavy atom. The first kappa shape index (κ1) is 17.5. The molecule has 0 unspecified atom stereocenters. The summed E-state index contributed by atoms with van der Waals surface area (Å²) in [5, 5.41) is 9.60. The molecule has 126 valence electrons. The van der Waals surface area contributed by atoms with Gasteiger partial charge in [-0.05, 0) is 37.3 Å². The molecule has 0 saturated heterocycles. The van der Waals surface area contributed by atoms with Crippen molar-refractivity contribution in [3.8, 4) is 5.75 Å². The Bertz CT molecular complexity index is 761. The molecule has 0 bridgehead atoms. The van der Waals surface area contributed by atoms with Gasteiger partial charge in [-0.2, -0.15) is 0 Å². The van der Waals surface area contributed by atoms with Crippen LogP contribution in [-0.2, 0) is 14.8 Å². The summed E-state index contributed by atoms with van der Waals surface area (Å²) >= 11 is 0. The van der Waals surface area contributed by atoms with Crippen LogP contribution in [0, 0.1) is 17.3 Å². The molecule has 1 N–H and O–H groups in total. The van der Waals surface area contributed by atoms with Crippen molar-refractivity contribution in [1.82, 2.24) is 0 Å². The molecule has 0 heterocycles. The highest BCUT2D eigenvalue weighted by molar-refractivity contribution is 7.92. The van der Waals surface area contributed by atoms with E-state index < -0.39 is 21.8 Å². The van der Waals surface area contributed by atoms with Gasteiger partial charge in [-0.25, -0.2) is 12.7 Å². The maximum atomic E-state index is 12.9. The fourth-order valence-electron chi connectivity index (χ4n) is 3.05. The van der Waals surface area contributed by atoms with Gasteiger partial charge in [0.15, 0.2) is 0 Å². The number of sulfonamides is 1. The number of rotatable bonds is 4. The van der Waals surface area contributed by atoms with Crippen LogP contribution in [0.2, 0.25) is 0 Å². The number of benzene rings is 1. The van der Waals surface area contributed by atoms with E-state index in [0.717, 1.165) is 16.1 Å². The van der Waals surface area contributed by atoms with Crippen LogP contribution < -0.4 is 4.31 Å². The molecule has 6 heteroatoms. The third-order valence-electron chi connectivity index (χ3n) is 4.29. The number of carbonyl (C=O) groups is 1. The lowest BCUT2D eigenvalue weighted by Crippen LogP contribution is -2.38. The van der Waals surface area contributed by atoms with Crippen molar-refractivity contribution in [2.45, 2.75) is 27.7 Å². The molecule has 0 radical (unpaired) electrons. The number of allylic oxidation sites excluding steroid dienone is 2. The Hall–Kier alpha value is -1.82. The Morgan fingerprint density at radius 1 is 1.30 bits per heavy atom. The number of hydrogen-bond acceptors (Lipinski definition) is 4. The third-order valence-corrected chi connectivity index (χ3v) is 5.34. The molecule has 1 aromatic carbocycles. The summed E-state index contributed by atoms with van der Waals surface area (Å²) < 4.78 is 25.1.